The highest BCUT2D eigenvalue weighted by atomic mass is 16.1. The Hall–Kier alpha value is -1.31. The zero-order valence-corrected chi connectivity index (χ0v) is 8.22. The molecule has 0 saturated heterocycles. The summed E-state index contributed by atoms with van der Waals surface area (Å²) in [6, 6.07) is 8.55. The van der Waals surface area contributed by atoms with Crippen molar-refractivity contribution in [2.75, 3.05) is 0 Å². The van der Waals surface area contributed by atoms with E-state index in [4.69, 9.17) is 0 Å². The highest BCUT2D eigenvalue weighted by Gasteiger charge is 2.05. The van der Waals surface area contributed by atoms with Crippen LogP contribution in [-0.2, 0) is 0 Å². The van der Waals surface area contributed by atoms with Crippen molar-refractivity contribution in [1.82, 2.24) is 5.32 Å². The van der Waals surface area contributed by atoms with Crippen molar-refractivity contribution in [2.45, 2.75) is 26.8 Å². The van der Waals surface area contributed by atoms with Crippen molar-refractivity contribution in [1.29, 1.82) is 0 Å². The summed E-state index contributed by atoms with van der Waals surface area (Å²) in [5, 5.41) is 2.83. The Bertz CT molecular complexity index is 305. The fraction of sp³-hybridized carbons (Fsp3) is 0.364. The second kappa shape index (κ2) is 4.08. The molecule has 0 heterocycles. The van der Waals surface area contributed by atoms with Gasteiger partial charge in [0.1, 0.15) is 0 Å². The third-order valence-corrected chi connectivity index (χ3v) is 1.63. The summed E-state index contributed by atoms with van der Waals surface area (Å²) in [4.78, 5) is 11.5. The smallest absolute Gasteiger partial charge is 0.251 e. The van der Waals surface area contributed by atoms with Gasteiger partial charge in [0.05, 0.1) is 0 Å². The quantitative estimate of drug-likeness (QED) is 0.733. The molecule has 0 fully saturated rings. The summed E-state index contributed by atoms with van der Waals surface area (Å²) >= 11 is 0. The molecule has 1 amide bonds. The molecule has 2 nitrogen and oxygen atoms in total. The minimum atomic E-state index is -0.0212. The highest BCUT2D eigenvalue weighted by molar-refractivity contribution is 5.94. The van der Waals surface area contributed by atoms with Crippen LogP contribution in [0.5, 0.6) is 0 Å². The first-order valence-electron chi connectivity index (χ1n) is 4.39. The Labute approximate surface area is 79.0 Å². The van der Waals surface area contributed by atoms with Crippen LogP contribution in [0.25, 0.3) is 0 Å². The van der Waals surface area contributed by atoms with E-state index in [-0.39, 0.29) is 11.9 Å². The Morgan fingerprint density at radius 1 is 1.54 bits per heavy atom. The Morgan fingerprint density at radius 3 is 2.77 bits per heavy atom. The summed E-state index contributed by atoms with van der Waals surface area (Å²) in [5.41, 5.74) is 1.68. The SMILES string of the molecule is Cc1[c]ccc(C(=O)NC(C)C)c1. The van der Waals surface area contributed by atoms with Gasteiger partial charge < -0.3 is 5.32 Å². The molecule has 1 radical (unpaired) electrons. The number of hydrogen-bond acceptors (Lipinski definition) is 1. The number of amides is 1. The van der Waals surface area contributed by atoms with Crippen LogP contribution >= 0.6 is 0 Å². The van der Waals surface area contributed by atoms with Gasteiger partial charge in [-0.3, -0.25) is 4.79 Å². The van der Waals surface area contributed by atoms with E-state index in [1.807, 2.05) is 26.8 Å². The molecule has 0 unspecified atom stereocenters. The van der Waals surface area contributed by atoms with Crippen LogP contribution in [0.1, 0.15) is 29.8 Å². The molecule has 0 aliphatic carbocycles. The molecule has 0 saturated carbocycles. The Balaban J connectivity index is 2.77. The lowest BCUT2D eigenvalue weighted by Gasteiger charge is -2.08. The first kappa shape index (κ1) is 9.78. The third kappa shape index (κ3) is 2.90. The molecule has 1 aromatic rings. The molecule has 1 N–H and O–H groups in total. The van der Waals surface area contributed by atoms with Crippen LogP contribution in [0.15, 0.2) is 18.2 Å². The maximum absolute atomic E-state index is 11.5. The van der Waals surface area contributed by atoms with Gasteiger partial charge >= 0.3 is 0 Å². The van der Waals surface area contributed by atoms with Gasteiger partial charge in [-0.25, -0.2) is 0 Å². The van der Waals surface area contributed by atoms with Crippen molar-refractivity contribution >= 4 is 5.91 Å². The first-order chi connectivity index (χ1) is 6.09. The zero-order chi connectivity index (χ0) is 9.84. The topological polar surface area (TPSA) is 29.1 Å². The molecule has 0 aliphatic rings. The molecule has 1 rings (SSSR count). The van der Waals surface area contributed by atoms with E-state index < -0.39 is 0 Å². The van der Waals surface area contributed by atoms with E-state index in [1.54, 1.807) is 12.1 Å². The monoisotopic (exact) mass is 176 g/mol. The number of rotatable bonds is 2. The van der Waals surface area contributed by atoms with E-state index in [0.717, 1.165) is 5.56 Å². The van der Waals surface area contributed by atoms with Crippen molar-refractivity contribution in [3.05, 3.63) is 35.4 Å². The van der Waals surface area contributed by atoms with Gasteiger partial charge in [0.15, 0.2) is 0 Å². The van der Waals surface area contributed by atoms with Crippen LogP contribution in [0.2, 0.25) is 0 Å². The zero-order valence-electron chi connectivity index (χ0n) is 8.22. The third-order valence-electron chi connectivity index (χ3n) is 1.63. The Kier molecular flexibility index (Phi) is 3.07. The van der Waals surface area contributed by atoms with Crippen molar-refractivity contribution in [3.8, 4) is 0 Å². The molecule has 1 aromatic carbocycles. The summed E-state index contributed by atoms with van der Waals surface area (Å²) in [6.07, 6.45) is 0. The van der Waals surface area contributed by atoms with E-state index in [1.165, 1.54) is 0 Å². The number of carbonyl (C=O) groups is 1. The fourth-order valence-electron chi connectivity index (χ4n) is 1.07. The predicted octanol–water partition coefficient (Wildman–Crippen LogP) is 1.93. The van der Waals surface area contributed by atoms with E-state index in [9.17, 15) is 4.79 Å². The molecule has 0 bridgehead atoms. The minimum absolute atomic E-state index is 0.0212. The summed E-state index contributed by atoms with van der Waals surface area (Å²) in [5.74, 6) is -0.0212. The number of benzene rings is 1. The second-order valence-electron chi connectivity index (χ2n) is 3.39. The maximum atomic E-state index is 11.5. The lowest BCUT2D eigenvalue weighted by Crippen LogP contribution is -2.30. The van der Waals surface area contributed by atoms with Crippen LogP contribution < -0.4 is 5.32 Å². The molecular formula is C11H14NO. The van der Waals surface area contributed by atoms with Gasteiger partial charge in [-0.05, 0) is 44.5 Å². The summed E-state index contributed by atoms with van der Waals surface area (Å²) < 4.78 is 0. The standard InChI is InChI=1S/C11H14NO/c1-8(2)12-11(13)10-6-4-5-9(3)7-10/h4,6-8H,1-3H3,(H,12,13). The molecule has 2 heteroatoms. The molecule has 0 spiro atoms. The van der Waals surface area contributed by atoms with Gasteiger partial charge in [0.2, 0.25) is 0 Å². The lowest BCUT2D eigenvalue weighted by atomic mass is 10.1. The number of aryl methyl sites for hydroxylation is 1. The normalized spacial score (nSPS) is 10.2. The average molecular weight is 176 g/mol. The molecule has 0 aromatic heterocycles. The van der Waals surface area contributed by atoms with Crippen LogP contribution in [-0.4, -0.2) is 11.9 Å². The molecule has 0 atom stereocenters. The van der Waals surface area contributed by atoms with Crippen molar-refractivity contribution < 1.29 is 4.79 Å². The van der Waals surface area contributed by atoms with Gasteiger partial charge in [0, 0.05) is 11.6 Å². The number of nitrogens with one attached hydrogen (secondary N) is 1. The average Bonchev–Trinajstić information content (AvgIpc) is 2.03. The largest absolute Gasteiger partial charge is 0.350 e. The fourth-order valence-corrected chi connectivity index (χ4v) is 1.07. The molecule has 69 valence electrons. The number of hydrogen-bond donors (Lipinski definition) is 1. The van der Waals surface area contributed by atoms with Gasteiger partial charge in [0.25, 0.3) is 5.91 Å². The van der Waals surface area contributed by atoms with Gasteiger partial charge in [-0.1, -0.05) is 6.07 Å². The minimum Gasteiger partial charge on any atom is -0.350 e. The molecule has 13 heavy (non-hydrogen) atoms. The second-order valence-corrected chi connectivity index (χ2v) is 3.39. The highest BCUT2D eigenvalue weighted by Crippen LogP contribution is 2.03. The van der Waals surface area contributed by atoms with Crippen LogP contribution in [0.3, 0.4) is 0 Å². The first-order valence-corrected chi connectivity index (χ1v) is 4.39. The summed E-state index contributed by atoms with van der Waals surface area (Å²) in [6.45, 7) is 5.81. The van der Waals surface area contributed by atoms with Gasteiger partial charge in [-0.15, -0.1) is 0 Å². The maximum Gasteiger partial charge on any atom is 0.251 e. The molecule has 0 aliphatic heterocycles. The van der Waals surface area contributed by atoms with Crippen molar-refractivity contribution in [2.24, 2.45) is 0 Å². The van der Waals surface area contributed by atoms with Crippen LogP contribution in [0.4, 0.5) is 0 Å². The lowest BCUT2D eigenvalue weighted by molar-refractivity contribution is 0.0943. The molecular weight excluding hydrogens is 162 g/mol. The van der Waals surface area contributed by atoms with Gasteiger partial charge in [-0.2, -0.15) is 0 Å². The van der Waals surface area contributed by atoms with Crippen molar-refractivity contribution in [3.63, 3.8) is 0 Å². The van der Waals surface area contributed by atoms with E-state index >= 15 is 0 Å². The Morgan fingerprint density at radius 2 is 2.23 bits per heavy atom. The van der Waals surface area contributed by atoms with Crippen LogP contribution in [0, 0.1) is 13.0 Å². The van der Waals surface area contributed by atoms with E-state index in [2.05, 4.69) is 11.4 Å². The van der Waals surface area contributed by atoms with E-state index in [0.29, 0.717) is 5.56 Å². The predicted molar refractivity (Wildman–Crippen MR) is 52.6 cm³/mol. The summed E-state index contributed by atoms with van der Waals surface area (Å²) in [7, 11) is 0. The number of carbonyl (C=O) groups excluding carboxylic acids is 1.